The molecule has 0 atom stereocenters. The topological polar surface area (TPSA) is 9.23 Å². The van der Waals surface area contributed by atoms with E-state index in [0.29, 0.717) is 6.61 Å². The molecule has 0 aliphatic carbocycles. The summed E-state index contributed by atoms with van der Waals surface area (Å²) in [5, 5.41) is 5.07. The number of rotatable bonds is 6. The normalized spacial score (nSPS) is 11.1. The van der Waals surface area contributed by atoms with Crippen LogP contribution < -0.4 is 4.74 Å². The van der Waals surface area contributed by atoms with E-state index >= 15 is 0 Å². The van der Waals surface area contributed by atoms with Crippen LogP contribution in [0.2, 0.25) is 0 Å². The van der Waals surface area contributed by atoms with Crippen molar-refractivity contribution in [2.24, 2.45) is 0 Å². The standard InChI is InChI=1S/C25H24O/c1-2-3-9-19-10-8-13-22(16-19)26-18-25-23-14-6-4-11-20(23)17-21-12-5-7-15-24(21)25/h4-8,10-17H,2-3,9,18H2,1H3. The van der Waals surface area contributed by atoms with E-state index in [1.807, 2.05) is 0 Å². The molecule has 4 aromatic rings. The highest BCUT2D eigenvalue weighted by atomic mass is 16.5. The lowest BCUT2D eigenvalue weighted by molar-refractivity contribution is 0.309. The minimum atomic E-state index is 0.582. The minimum Gasteiger partial charge on any atom is -0.489 e. The molecule has 0 bridgehead atoms. The third-order valence-electron chi connectivity index (χ3n) is 4.98. The number of hydrogen-bond donors (Lipinski definition) is 0. The molecule has 1 nitrogen and oxygen atoms in total. The van der Waals surface area contributed by atoms with Gasteiger partial charge in [0.25, 0.3) is 0 Å². The lowest BCUT2D eigenvalue weighted by Crippen LogP contribution is -1.98. The SMILES string of the molecule is CCCCc1cccc(OCc2c3ccccc3cc3ccccc23)c1. The third kappa shape index (κ3) is 3.43. The predicted molar refractivity (Wildman–Crippen MR) is 111 cm³/mol. The van der Waals surface area contributed by atoms with Gasteiger partial charge in [0.1, 0.15) is 12.4 Å². The van der Waals surface area contributed by atoms with E-state index in [9.17, 15) is 0 Å². The van der Waals surface area contributed by atoms with Crippen LogP contribution in [0.25, 0.3) is 21.5 Å². The van der Waals surface area contributed by atoms with Gasteiger partial charge in [-0.2, -0.15) is 0 Å². The largest absolute Gasteiger partial charge is 0.489 e. The van der Waals surface area contributed by atoms with Crippen molar-refractivity contribution in [3.05, 3.63) is 90.0 Å². The van der Waals surface area contributed by atoms with Crippen LogP contribution in [-0.2, 0) is 13.0 Å². The molecule has 0 spiro atoms. The molecule has 0 amide bonds. The first-order chi connectivity index (χ1) is 12.8. The highest BCUT2D eigenvalue weighted by Gasteiger charge is 2.08. The van der Waals surface area contributed by atoms with Crippen LogP contribution in [0.15, 0.2) is 78.9 Å². The molecule has 0 unspecified atom stereocenters. The molecule has 0 saturated heterocycles. The van der Waals surface area contributed by atoms with Gasteiger partial charge in [-0.15, -0.1) is 0 Å². The van der Waals surface area contributed by atoms with Gasteiger partial charge in [-0.3, -0.25) is 0 Å². The van der Waals surface area contributed by atoms with Crippen molar-refractivity contribution in [3.8, 4) is 5.75 Å². The summed E-state index contributed by atoms with van der Waals surface area (Å²) in [6, 6.07) is 27.9. The number of hydrogen-bond acceptors (Lipinski definition) is 1. The molecule has 4 rings (SSSR count). The number of benzene rings is 4. The van der Waals surface area contributed by atoms with Gasteiger partial charge in [-0.25, -0.2) is 0 Å². The second-order valence-corrected chi connectivity index (χ2v) is 6.84. The van der Waals surface area contributed by atoms with Crippen LogP contribution in [0.5, 0.6) is 5.75 Å². The molecule has 0 aliphatic rings. The molecule has 4 aromatic carbocycles. The highest BCUT2D eigenvalue weighted by Crippen LogP contribution is 2.29. The summed E-state index contributed by atoms with van der Waals surface area (Å²) >= 11 is 0. The first-order valence-electron chi connectivity index (χ1n) is 9.46. The molecule has 130 valence electrons. The second kappa shape index (κ2) is 7.61. The van der Waals surface area contributed by atoms with Crippen LogP contribution in [0.1, 0.15) is 30.9 Å². The van der Waals surface area contributed by atoms with Crippen LogP contribution in [0.3, 0.4) is 0 Å². The van der Waals surface area contributed by atoms with Gasteiger partial charge < -0.3 is 4.74 Å². The molecule has 0 aromatic heterocycles. The Morgan fingerprint density at radius 2 is 1.42 bits per heavy atom. The van der Waals surface area contributed by atoms with Gasteiger partial charge >= 0.3 is 0 Å². The number of unbranched alkanes of at least 4 members (excludes halogenated alkanes) is 1. The monoisotopic (exact) mass is 340 g/mol. The lowest BCUT2D eigenvalue weighted by Gasteiger charge is -2.13. The Labute approximate surface area is 155 Å². The summed E-state index contributed by atoms with van der Waals surface area (Å²) in [6.07, 6.45) is 3.55. The zero-order valence-electron chi connectivity index (χ0n) is 15.2. The quantitative estimate of drug-likeness (QED) is 0.346. The van der Waals surface area contributed by atoms with Gasteiger partial charge in [-0.05, 0) is 58.1 Å². The molecule has 26 heavy (non-hydrogen) atoms. The molecular formula is C25H24O. The van der Waals surface area contributed by atoms with Crippen molar-refractivity contribution in [3.63, 3.8) is 0 Å². The van der Waals surface area contributed by atoms with E-state index in [-0.39, 0.29) is 0 Å². The number of fused-ring (bicyclic) bond motifs is 2. The lowest BCUT2D eigenvalue weighted by atomic mass is 9.97. The average molecular weight is 340 g/mol. The van der Waals surface area contributed by atoms with Gasteiger partial charge in [-0.1, -0.05) is 74.0 Å². The van der Waals surface area contributed by atoms with Crippen molar-refractivity contribution in [1.29, 1.82) is 0 Å². The molecule has 1 heteroatoms. The maximum atomic E-state index is 6.23. The molecule has 0 N–H and O–H groups in total. The fourth-order valence-electron chi connectivity index (χ4n) is 3.59. The van der Waals surface area contributed by atoms with E-state index in [1.165, 1.54) is 45.5 Å². The van der Waals surface area contributed by atoms with Gasteiger partial charge in [0.2, 0.25) is 0 Å². The summed E-state index contributed by atoms with van der Waals surface area (Å²) < 4.78 is 6.23. The first-order valence-corrected chi connectivity index (χ1v) is 9.46. The zero-order chi connectivity index (χ0) is 17.8. The molecular weight excluding hydrogens is 316 g/mol. The van der Waals surface area contributed by atoms with Gasteiger partial charge in [0.05, 0.1) is 0 Å². The van der Waals surface area contributed by atoms with Crippen molar-refractivity contribution in [2.45, 2.75) is 32.8 Å². The Hall–Kier alpha value is -2.80. The van der Waals surface area contributed by atoms with Crippen LogP contribution in [0.4, 0.5) is 0 Å². The number of aryl methyl sites for hydroxylation is 1. The predicted octanol–water partition coefficient (Wildman–Crippen LogP) is 6.91. The Kier molecular flexibility index (Phi) is 4.88. The molecule has 0 aliphatic heterocycles. The van der Waals surface area contributed by atoms with E-state index in [1.54, 1.807) is 0 Å². The van der Waals surface area contributed by atoms with Crippen molar-refractivity contribution in [2.75, 3.05) is 0 Å². The minimum absolute atomic E-state index is 0.582. The summed E-state index contributed by atoms with van der Waals surface area (Å²) in [7, 11) is 0. The van der Waals surface area contributed by atoms with Gasteiger partial charge in [0, 0.05) is 5.56 Å². The van der Waals surface area contributed by atoms with E-state index in [4.69, 9.17) is 4.74 Å². The fourth-order valence-corrected chi connectivity index (χ4v) is 3.59. The summed E-state index contributed by atoms with van der Waals surface area (Å²) in [5.74, 6) is 0.954. The second-order valence-electron chi connectivity index (χ2n) is 6.84. The maximum Gasteiger partial charge on any atom is 0.120 e. The van der Waals surface area contributed by atoms with Crippen LogP contribution >= 0.6 is 0 Å². The summed E-state index contributed by atoms with van der Waals surface area (Å²) in [5.41, 5.74) is 2.62. The molecule has 0 heterocycles. The smallest absolute Gasteiger partial charge is 0.120 e. The Bertz CT molecular complexity index is 978. The highest BCUT2D eigenvalue weighted by molar-refractivity contribution is 6.02. The zero-order valence-corrected chi connectivity index (χ0v) is 15.2. The molecule has 0 saturated carbocycles. The molecule has 0 radical (unpaired) electrons. The van der Waals surface area contributed by atoms with Crippen LogP contribution in [0, 0.1) is 0 Å². The van der Waals surface area contributed by atoms with E-state index in [2.05, 4.69) is 85.8 Å². The fraction of sp³-hybridized carbons (Fsp3) is 0.200. The Morgan fingerprint density at radius 1 is 0.731 bits per heavy atom. The Morgan fingerprint density at radius 3 is 2.12 bits per heavy atom. The first kappa shape index (κ1) is 16.7. The van der Waals surface area contributed by atoms with Crippen molar-refractivity contribution < 1.29 is 4.74 Å². The summed E-state index contributed by atoms with van der Waals surface area (Å²) in [6.45, 7) is 2.81. The molecule has 0 fully saturated rings. The average Bonchev–Trinajstić information content (AvgIpc) is 2.70. The van der Waals surface area contributed by atoms with Crippen molar-refractivity contribution >= 4 is 21.5 Å². The van der Waals surface area contributed by atoms with E-state index in [0.717, 1.165) is 12.2 Å². The summed E-state index contributed by atoms with van der Waals surface area (Å²) in [4.78, 5) is 0. The van der Waals surface area contributed by atoms with Gasteiger partial charge in [0.15, 0.2) is 0 Å². The Balaban J connectivity index is 1.68. The van der Waals surface area contributed by atoms with E-state index < -0.39 is 0 Å². The number of ether oxygens (including phenoxy) is 1. The van der Waals surface area contributed by atoms with Crippen LogP contribution in [-0.4, -0.2) is 0 Å². The third-order valence-corrected chi connectivity index (χ3v) is 4.98. The maximum absolute atomic E-state index is 6.23. The van der Waals surface area contributed by atoms with Crippen molar-refractivity contribution in [1.82, 2.24) is 0 Å².